The lowest BCUT2D eigenvalue weighted by atomic mass is 10.1. The van der Waals surface area contributed by atoms with Crippen molar-refractivity contribution in [3.05, 3.63) is 41.2 Å². The average Bonchev–Trinajstić information content (AvgIpc) is 2.40. The van der Waals surface area contributed by atoms with Crippen LogP contribution in [0.5, 0.6) is 0 Å². The third-order valence-corrected chi connectivity index (χ3v) is 3.12. The molecule has 5 heteroatoms. The van der Waals surface area contributed by atoms with Crippen LogP contribution < -0.4 is 0 Å². The highest BCUT2D eigenvalue weighted by Gasteiger charge is 2.10. The normalized spacial score (nSPS) is 11.7. The Balaban J connectivity index is 2.88. The second kappa shape index (κ2) is 8.54. The van der Waals surface area contributed by atoms with Crippen molar-refractivity contribution in [1.29, 1.82) is 0 Å². The van der Waals surface area contributed by atoms with Gasteiger partial charge in [0, 0.05) is 31.8 Å². The van der Waals surface area contributed by atoms with E-state index in [2.05, 4.69) is 4.90 Å². The third-order valence-electron chi connectivity index (χ3n) is 3.12. The molecule has 0 aliphatic carbocycles. The molecule has 0 heterocycles. The van der Waals surface area contributed by atoms with Gasteiger partial charge in [0.15, 0.2) is 0 Å². The Kier molecular flexibility index (Phi) is 7.05. The Morgan fingerprint density at radius 2 is 2.10 bits per heavy atom. The quantitative estimate of drug-likeness (QED) is 0.723. The molecule has 0 spiro atoms. The van der Waals surface area contributed by atoms with Gasteiger partial charge in [0.05, 0.1) is 0 Å². The van der Waals surface area contributed by atoms with Crippen LogP contribution in [-0.4, -0.2) is 40.3 Å². The molecule has 0 saturated heterocycles. The van der Waals surface area contributed by atoms with E-state index in [1.165, 1.54) is 18.2 Å². The van der Waals surface area contributed by atoms with E-state index in [0.29, 0.717) is 18.5 Å². The lowest BCUT2D eigenvalue weighted by molar-refractivity contribution is -0.131. The predicted octanol–water partition coefficient (Wildman–Crippen LogP) is 2.52. The summed E-state index contributed by atoms with van der Waals surface area (Å²) < 4.78 is 13.6. The van der Waals surface area contributed by atoms with Crippen molar-refractivity contribution in [1.82, 2.24) is 4.90 Å². The number of hydrogen-bond acceptors (Lipinski definition) is 3. The van der Waals surface area contributed by atoms with E-state index in [4.69, 9.17) is 10.2 Å². The summed E-state index contributed by atoms with van der Waals surface area (Å²) in [5, 5.41) is 17.5. The molecule has 2 N–H and O–H groups in total. The number of carboxylic acids is 1. The summed E-state index contributed by atoms with van der Waals surface area (Å²) in [5.74, 6) is -1.45. The highest BCUT2D eigenvalue weighted by atomic mass is 19.1. The standard InChI is InChI=1S/C16H22FNO3/c1-12(2)18(6-3-7-19)11-14-8-13(4-5-16(20)21)9-15(17)10-14/h4-5,8-10,12,19H,3,6-7,11H2,1-2H3,(H,20,21). The van der Waals surface area contributed by atoms with Crippen LogP contribution in [0.25, 0.3) is 6.08 Å². The fraction of sp³-hybridized carbons (Fsp3) is 0.438. The minimum atomic E-state index is -1.06. The molecule has 0 saturated carbocycles. The number of rotatable bonds is 8. The molecule has 0 aliphatic rings. The first-order valence-corrected chi connectivity index (χ1v) is 6.97. The highest BCUT2D eigenvalue weighted by Crippen LogP contribution is 2.15. The Morgan fingerprint density at radius 3 is 2.67 bits per heavy atom. The second-order valence-corrected chi connectivity index (χ2v) is 5.21. The minimum absolute atomic E-state index is 0.124. The van der Waals surface area contributed by atoms with Crippen molar-refractivity contribution in [3.8, 4) is 0 Å². The van der Waals surface area contributed by atoms with Gasteiger partial charge in [-0.05, 0) is 49.6 Å². The van der Waals surface area contributed by atoms with Crippen LogP contribution in [0.15, 0.2) is 24.3 Å². The number of halogens is 1. The zero-order valence-electron chi connectivity index (χ0n) is 12.4. The maximum absolute atomic E-state index is 13.6. The monoisotopic (exact) mass is 295 g/mol. The first kappa shape index (κ1) is 17.3. The van der Waals surface area contributed by atoms with E-state index in [0.717, 1.165) is 18.2 Å². The van der Waals surface area contributed by atoms with E-state index in [-0.39, 0.29) is 18.5 Å². The zero-order chi connectivity index (χ0) is 15.8. The third kappa shape index (κ3) is 6.51. The van der Waals surface area contributed by atoms with Crippen LogP contribution in [0.3, 0.4) is 0 Å². The van der Waals surface area contributed by atoms with Crippen molar-refractivity contribution in [2.45, 2.75) is 32.9 Å². The van der Waals surface area contributed by atoms with Gasteiger partial charge in [-0.15, -0.1) is 0 Å². The number of aliphatic hydroxyl groups is 1. The first-order valence-electron chi connectivity index (χ1n) is 6.97. The number of aliphatic hydroxyl groups excluding tert-OH is 1. The van der Waals surface area contributed by atoms with Crippen molar-refractivity contribution in [2.75, 3.05) is 13.2 Å². The Labute approximate surface area is 124 Å². The summed E-state index contributed by atoms with van der Waals surface area (Å²) in [6.45, 7) is 5.50. The van der Waals surface area contributed by atoms with Crippen LogP contribution in [-0.2, 0) is 11.3 Å². The van der Waals surface area contributed by atoms with E-state index in [1.807, 2.05) is 13.8 Å². The molecule has 116 valence electrons. The van der Waals surface area contributed by atoms with Gasteiger partial charge in [0.2, 0.25) is 0 Å². The molecule has 0 atom stereocenters. The molecular weight excluding hydrogens is 273 g/mol. The average molecular weight is 295 g/mol. The Hall–Kier alpha value is -1.72. The molecule has 1 aromatic rings. The SMILES string of the molecule is CC(C)N(CCCO)Cc1cc(F)cc(C=CC(=O)O)c1. The molecule has 0 amide bonds. The van der Waals surface area contributed by atoms with Crippen LogP contribution in [0, 0.1) is 5.82 Å². The molecule has 0 bridgehead atoms. The maximum atomic E-state index is 13.6. The summed E-state index contributed by atoms with van der Waals surface area (Å²) >= 11 is 0. The summed E-state index contributed by atoms with van der Waals surface area (Å²) in [6.07, 6.45) is 3.03. The number of hydrogen-bond donors (Lipinski definition) is 2. The van der Waals surface area contributed by atoms with Crippen molar-refractivity contribution >= 4 is 12.0 Å². The lowest BCUT2D eigenvalue weighted by Crippen LogP contribution is -2.31. The lowest BCUT2D eigenvalue weighted by Gasteiger charge is -2.26. The number of carbonyl (C=O) groups is 1. The summed E-state index contributed by atoms with van der Waals surface area (Å²) in [5.41, 5.74) is 1.31. The summed E-state index contributed by atoms with van der Waals surface area (Å²) in [6, 6.07) is 4.80. The van der Waals surface area contributed by atoms with Gasteiger partial charge >= 0.3 is 5.97 Å². The van der Waals surface area contributed by atoms with Gasteiger partial charge in [-0.25, -0.2) is 9.18 Å². The largest absolute Gasteiger partial charge is 0.478 e. The van der Waals surface area contributed by atoms with Crippen LogP contribution in [0.4, 0.5) is 4.39 Å². The fourth-order valence-electron chi connectivity index (χ4n) is 2.06. The van der Waals surface area contributed by atoms with Crippen LogP contribution in [0.2, 0.25) is 0 Å². The van der Waals surface area contributed by atoms with Gasteiger partial charge < -0.3 is 10.2 Å². The highest BCUT2D eigenvalue weighted by molar-refractivity contribution is 5.85. The van der Waals surface area contributed by atoms with Crippen molar-refractivity contribution in [2.24, 2.45) is 0 Å². The molecule has 1 rings (SSSR count). The van der Waals surface area contributed by atoms with Crippen molar-refractivity contribution in [3.63, 3.8) is 0 Å². The molecule has 0 aromatic heterocycles. The van der Waals surface area contributed by atoms with Gasteiger partial charge in [-0.1, -0.05) is 6.07 Å². The van der Waals surface area contributed by atoms with Gasteiger partial charge in [0.1, 0.15) is 5.82 Å². The minimum Gasteiger partial charge on any atom is -0.478 e. The first-order chi connectivity index (χ1) is 9.92. The molecule has 4 nitrogen and oxygen atoms in total. The Bertz CT molecular complexity index is 500. The van der Waals surface area contributed by atoms with Gasteiger partial charge in [-0.2, -0.15) is 0 Å². The van der Waals surface area contributed by atoms with Crippen molar-refractivity contribution < 1.29 is 19.4 Å². The zero-order valence-corrected chi connectivity index (χ0v) is 12.4. The Morgan fingerprint density at radius 1 is 1.38 bits per heavy atom. The summed E-state index contributed by atoms with van der Waals surface area (Å²) in [7, 11) is 0. The van der Waals surface area contributed by atoms with E-state index in [9.17, 15) is 9.18 Å². The van der Waals surface area contributed by atoms with E-state index < -0.39 is 5.97 Å². The van der Waals surface area contributed by atoms with Crippen LogP contribution >= 0.6 is 0 Å². The fourth-order valence-corrected chi connectivity index (χ4v) is 2.06. The predicted molar refractivity (Wildman–Crippen MR) is 80.3 cm³/mol. The van der Waals surface area contributed by atoms with Crippen LogP contribution in [0.1, 0.15) is 31.4 Å². The second-order valence-electron chi connectivity index (χ2n) is 5.21. The van der Waals surface area contributed by atoms with Gasteiger partial charge in [-0.3, -0.25) is 4.90 Å². The summed E-state index contributed by atoms with van der Waals surface area (Å²) in [4.78, 5) is 12.6. The topological polar surface area (TPSA) is 60.8 Å². The van der Waals surface area contributed by atoms with Gasteiger partial charge in [0.25, 0.3) is 0 Å². The number of aliphatic carboxylic acids is 1. The molecular formula is C16H22FNO3. The molecule has 1 aromatic carbocycles. The van der Waals surface area contributed by atoms with E-state index >= 15 is 0 Å². The molecule has 0 radical (unpaired) electrons. The maximum Gasteiger partial charge on any atom is 0.328 e. The number of carboxylic acid groups (broad SMARTS) is 1. The molecule has 0 aliphatic heterocycles. The molecule has 21 heavy (non-hydrogen) atoms. The number of benzene rings is 1. The smallest absolute Gasteiger partial charge is 0.328 e. The molecule has 0 fully saturated rings. The molecule has 0 unspecified atom stereocenters. The number of nitrogens with zero attached hydrogens (tertiary/aromatic N) is 1. The van der Waals surface area contributed by atoms with E-state index in [1.54, 1.807) is 6.07 Å².